The van der Waals surface area contributed by atoms with Crippen molar-refractivity contribution in [2.75, 3.05) is 0 Å². The number of amides is 2. The van der Waals surface area contributed by atoms with E-state index in [1.54, 1.807) is 36.4 Å². The molecule has 2 aliphatic rings. The Hall–Kier alpha value is -3.38. The lowest BCUT2D eigenvalue weighted by atomic mass is 10.0. The second kappa shape index (κ2) is 5.82. The number of nitrogens with one attached hydrogen (secondary N) is 1. The highest BCUT2D eigenvalue weighted by atomic mass is 32.2. The van der Waals surface area contributed by atoms with Gasteiger partial charge in [-0.15, -0.1) is 0 Å². The Morgan fingerprint density at radius 2 is 1.67 bits per heavy atom. The predicted molar refractivity (Wildman–Crippen MR) is 101 cm³/mol. The van der Waals surface area contributed by atoms with Crippen molar-refractivity contribution in [2.45, 2.75) is 4.90 Å². The fourth-order valence-electron chi connectivity index (χ4n) is 3.17. The van der Waals surface area contributed by atoms with Crippen LogP contribution in [0, 0.1) is 0 Å². The summed E-state index contributed by atoms with van der Waals surface area (Å²) in [5.74, 6) is 0.305. The van der Waals surface area contributed by atoms with E-state index in [2.05, 4.69) is 5.32 Å². The lowest BCUT2D eigenvalue weighted by molar-refractivity contribution is 0.0879. The first-order valence-electron chi connectivity index (χ1n) is 8.23. The maximum atomic E-state index is 12.5. The molecule has 6 heteroatoms. The van der Waals surface area contributed by atoms with Gasteiger partial charge in [-0.2, -0.15) is 0 Å². The number of Topliss-reactive ketones (excluding diaryl/α,β-unsaturated/α-hetero) is 1. The molecule has 1 aromatic heterocycles. The Balaban J connectivity index is 1.47. The van der Waals surface area contributed by atoms with E-state index in [0.29, 0.717) is 38.7 Å². The van der Waals surface area contributed by atoms with Crippen molar-refractivity contribution in [1.82, 2.24) is 5.32 Å². The van der Waals surface area contributed by atoms with Crippen LogP contribution in [0.2, 0.25) is 0 Å². The van der Waals surface area contributed by atoms with Crippen LogP contribution in [-0.4, -0.2) is 17.6 Å². The van der Waals surface area contributed by atoms with E-state index < -0.39 is 5.91 Å². The SMILES string of the molecule is O=C1C(=Cc2ccc(-c3ccc4c(c3)C(=O)NC4=O)o2)Sc2ccccc21. The van der Waals surface area contributed by atoms with E-state index >= 15 is 0 Å². The van der Waals surface area contributed by atoms with E-state index in [-0.39, 0.29) is 11.7 Å². The molecule has 1 N–H and O–H groups in total. The van der Waals surface area contributed by atoms with Gasteiger partial charge in [0.1, 0.15) is 11.5 Å². The number of imide groups is 1. The lowest BCUT2D eigenvalue weighted by Crippen LogP contribution is -2.19. The Bertz CT molecular complexity index is 1190. The Kier molecular flexibility index (Phi) is 3.42. The second-order valence-corrected chi connectivity index (χ2v) is 7.27. The molecule has 130 valence electrons. The molecule has 2 aromatic carbocycles. The quantitative estimate of drug-likeness (QED) is 0.539. The van der Waals surface area contributed by atoms with E-state index in [9.17, 15) is 14.4 Å². The largest absolute Gasteiger partial charge is 0.457 e. The Labute approximate surface area is 158 Å². The van der Waals surface area contributed by atoms with Gasteiger partial charge in [0.2, 0.25) is 5.78 Å². The van der Waals surface area contributed by atoms with Gasteiger partial charge in [-0.25, -0.2) is 0 Å². The molecule has 0 radical (unpaired) electrons. The van der Waals surface area contributed by atoms with E-state index in [4.69, 9.17) is 4.42 Å². The molecule has 0 atom stereocenters. The molecule has 5 rings (SSSR count). The standard InChI is InChI=1S/C21H11NO4S/c23-19-14-3-1-2-4-17(14)27-18(19)10-12-6-8-16(26-12)11-5-7-13-15(9-11)21(25)22-20(13)24/h1-10H,(H,22,24,25). The van der Waals surface area contributed by atoms with Crippen LogP contribution in [0.3, 0.4) is 0 Å². The second-order valence-electron chi connectivity index (χ2n) is 6.18. The van der Waals surface area contributed by atoms with Gasteiger partial charge in [0, 0.05) is 16.0 Å². The van der Waals surface area contributed by atoms with Crippen LogP contribution in [0.1, 0.15) is 36.8 Å². The average molecular weight is 373 g/mol. The van der Waals surface area contributed by atoms with Crippen LogP contribution in [-0.2, 0) is 0 Å². The molecule has 0 saturated carbocycles. The molecule has 0 unspecified atom stereocenters. The summed E-state index contributed by atoms with van der Waals surface area (Å²) in [4.78, 5) is 37.5. The molecule has 3 aromatic rings. The van der Waals surface area contributed by atoms with Crippen molar-refractivity contribution in [3.05, 3.63) is 82.0 Å². The highest BCUT2D eigenvalue weighted by Gasteiger charge is 2.28. The van der Waals surface area contributed by atoms with Gasteiger partial charge in [-0.05, 0) is 42.5 Å². The monoisotopic (exact) mass is 373 g/mol. The normalized spacial score (nSPS) is 16.6. The number of carbonyl (C=O) groups is 3. The van der Waals surface area contributed by atoms with Gasteiger partial charge in [-0.3, -0.25) is 19.7 Å². The molecule has 0 bridgehead atoms. The van der Waals surface area contributed by atoms with Gasteiger partial charge in [-0.1, -0.05) is 30.0 Å². The van der Waals surface area contributed by atoms with E-state index in [0.717, 1.165) is 4.90 Å². The molecule has 2 aliphatic heterocycles. The van der Waals surface area contributed by atoms with E-state index in [1.165, 1.54) is 11.8 Å². The summed E-state index contributed by atoms with van der Waals surface area (Å²) in [6.07, 6.45) is 1.72. The third-order valence-electron chi connectivity index (χ3n) is 4.50. The zero-order valence-electron chi connectivity index (χ0n) is 13.8. The molecular weight excluding hydrogens is 362 g/mol. The zero-order chi connectivity index (χ0) is 18.5. The summed E-state index contributed by atoms with van der Waals surface area (Å²) < 4.78 is 5.84. The topological polar surface area (TPSA) is 76.4 Å². The minimum atomic E-state index is -0.406. The number of hydrogen-bond acceptors (Lipinski definition) is 5. The van der Waals surface area contributed by atoms with Crippen molar-refractivity contribution < 1.29 is 18.8 Å². The molecule has 3 heterocycles. The van der Waals surface area contributed by atoms with Gasteiger partial charge in [0.05, 0.1) is 16.0 Å². The number of rotatable bonds is 2. The number of benzene rings is 2. The molecular formula is C21H11NO4S. The molecule has 5 nitrogen and oxygen atoms in total. The van der Waals surface area contributed by atoms with Crippen molar-refractivity contribution in [3.63, 3.8) is 0 Å². The number of allylic oxidation sites excluding steroid dienone is 1. The average Bonchev–Trinajstić information content (AvgIpc) is 3.34. The van der Waals surface area contributed by atoms with Crippen molar-refractivity contribution >= 4 is 35.4 Å². The smallest absolute Gasteiger partial charge is 0.258 e. The van der Waals surface area contributed by atoms with Crippen LogP contribution < -0.4 is 5.32 Å². The molecule has 0 fully saturated rings. The number of fused-ring (bicyclic) bond motifs is 2. The fraction of sp³-hybridized carbons (Fsp3) is 0. The highest BCUT2D eigenvalue weighted by Crippen LogP contribution is 2.41. The summed E-state index contributed by atoms with van der Waals surface area (Å²) in [7, 11) is 0. The first kappa shape index (κ1) is 15.8. The number of furan rings is 1. The number of carbonyl (C=O) groups excluding carboxylic acids is 3. The van der Waals surface area contributed by atoms with Crippen LogP contribution in [0.25, 0.3) is 17.4 Å². The minimum absolute atomic E-state index is 0.0127. The maximum Gasteiger partial charge on any atom is 0.258 e. The number of thioether (sulfide) groups is 1. The molecule has 2 amide bonds. The van der Waals surface area contributed by atoms with Crippen LogP contribution >= 0.6 is 11.8 Å². The van der Waals surface area contributed by atoms with Gasteiger partial charge in [0.15, 0.2) is 0 Å². The van der Waals surface area contributed by atoms with Crippen LogP contribution in [0.4, 0.5) is 0 Å². The molecule has 0 spiro atoms. The van der Waals surface area contributed by atoms with Gasteiger partial charge in [0.25, 0.3) is 11.8 Å². The Morgan fingerprint density at radius 3 is 2.52 bits per heavy atom. The van der Waals surface area contributed by atoms with Gasteiger partial charge >= 0.3 is 0 Å². The summed E-state index contributed by atoms with van der Waals surface area (Å²) in [6.45, 7) is 0. The van der Waals surface area contributed by atoms with Crippen molar-refractivity contribution in [2.24, 2.45) is 0 Å². The number of ketones is 1. The third-order valence-corrected chi connectivity index (χ3v) is 5.59. The summed E-state index contributed by atoms with van der Waals surface area (Å²) >= 11 is 1.42. The number of hydrogen-bond donors (Lipinski definition) is 1. The molecule has 0 saturated heterocycles. The zero-order valence-corrected chi connectivity index (χ0v) is 14.6. The fourth-order valence-corrected chi connectivity index (χ4v) is 4.20. The predicted octanol–water partition coefficient (Wildman–Crippen LogP) is 4.16. The first-order chi connectivity index (χ1) is 13.1. The molecule has 0 aliphatic carbocycles. The lowest BCUT2D eigenvalue weighted by Gasteiger charge is -1.99. The van der Waals surface area contributed by atoms with Crippen molar-refractivity contribution in [3.8, 4) is 11.3 Å². The van der Waals surface area contributed by atoms with Crippen LogP contribution in [0.5, 0.6) is 0 Å². The maximum absolute atomic E-state index is 12.5. The van der Waals surface area contributed by atoms with Gasteiger partial charge < -0.3 is 4.42 Å². The minimum Gasteiger partial charge on any atom is -0.457 e. The van der Waals surface area contributed by atoms with Crippen LogP contribution in [0.15, 0.2) is 68.8 Å². The third kappa shape index (κ3) is 2.53. The van der Waals surface area contributed by atoms with Crippen molar-refractivity contribution in [1.29, 1.82) is 0 Å². The first-order valence-corrected chi connectivity index (χ1v) is 9.05. The Morgan fingerprint density at radius 1 is 0.852 bits per heavy atom. The summed E-state index contributed by atoms with van der Waals surface area (Å²) in [5.41, 5.74) is 2.10. The van der Waals surface area contributed by atoms with E-state index in [1.807, 2.05) is 24.3 Å². The molecule has 27 heavy (non-hydrogen) atoms. The summed E-state index contributed by atoms with van der Waals surface area (Å²) in [5, 5.41) is 2.27. The highest BCUT2D eigenvalue weighted by molar-refractivity contribution is 8.04. The summed E-state index contributed by atoms with van der Waals surface area (Å²) in [6, 6.07) is 16.0.